The molecule has 0 unspecified atom stereocenters. The van der Waals surface area contributed by atoms with E-state index in [0.717, 1.165) is 19.4 Å². The number of amidine groups is 1. The molecule has 0 spiro atoms. The van der Waals surface area contributed by atoms with Crippen LogP contribution >= 0.6 is 0 Å². The number of aliphatic hydroxyl groups excluding tert-OH is 1. The molecule has 1 heterocycles. The smallest absolute Gasteiger partial charge is 0.190 e. The Labute approximate surface area is 106 Å². The van der Waals surface area contributed by atoms with Crippen molar-refractivity contribution in [1.29, 1.82) is 0 Å². The second-order valence-corrected chi connectivity index (χ2v) is 3.81. The highest BCUT2D eigenvalue weighted by Crippen LogP contribution is 2.09. The highest BCUT2D eigenvalue weighted by atomic mass is 16.4. The number of rotatable bonds is 7. The van der Waals surface area contributed by atoms with Gasteiger partial charge in [0.1, 0.15) is 11.5 Å². The van der Waals surface area contributed by atoms with E-state index in [1.807, 2.05) is 4.90 Å². The van der Waals surface area contributed by atoms with Crippen molar-refractivity contribution in [3.63, 3.8) is 0 Å². The largest absolute Gasteiger partial charge is 0.409 e. The Morgan fingerprint density at radius 3 is 2.67 bits per heavy atom. The minimum absolute atomic E-state index is 0.0629. The van der Waals surface area contributed by atoms with Crippen LogP contribution in [0.15, 0.2) is 17.5 Å². The van der Waals surface area contributed by atoms with Crippen molar-refractivity contribution < 1.29 is 10.3 Å². The van der Waals surface area contributed by atoms with Crippen LogP contribution in [0.25, 0.3) is 0 Å². The van der Waals surface area contributed by atoms with Crippen LogP contribution in [0.3, 0.4) is 0 Å². The summed E-state index contributed by atoms with van der Waals surface area (Å²) in [6.07, 6.45) is 5.08. The molecule has 0 saturated heterocycles. The van der Waals surface area contributed by atoms with E-state index < -0.39 is 0 Å². The van der Waals surface area contributed by atoms with Crippen molar-refractivity contribution in [3.05, 3.63) is 18.1 Å². The molecule has 1 aromatic heterocycles. The molecule has 0 aliphatic carbocycles. The Bertz CT molecular complexity index is 380. The van der Waals surface area contributed by atoms with Gasteiger partial charge in [-0.3, -0.25) is 0 Å². The summed E-state index contributed by atoms with van der Waals surface area (Å²) in [6.45, 7) is 3.49. The summed E-state index contributed by atoms with van der Waals surface area (Å²) in [7, 11) is 0. The lowest BCUT2D eigenvalue weighted by Gasteiger charge is -2.22. The number of hydrogen-bond donors (Lipinski definition) is 3. The SMILES string of the molecule is CCCCN(CCO)c1cnc(C(N)=NO)cn1. The number of nitrogens with two attached hydrogens (primary N) is 1. The van der Waals surface area contributed by atoms with Gasteiger partial charge in [-0.15, -0.1) is 0 Å². The predicted molar refractivity (Wildman–Crippen MR) is 68.7 cm³/mol. The first-order valence-electron chi connectivity index (χ1n) is 5.88. The van der Waals surface area contributed by atoms with Gasteiger partial charge in [-0.05, 0) is 6.42 Å². The molecule has 0 bridgehead atoms. The minimum atomic E-state index is -0.0729. The van der Waals surface area contributed by atoms with E-state index in [0.29, 0.717) is 18.1 Å². The molecule has 18 heavy (non-hydrogen) atoms. The van der Waals surface area contributed by atoms with E-state index in [-0.39, 0.29) is 12.4 Å². The second-order valence-electron chi connectivity index (χ2n) is 3.81. The van der Waals surface area contributed by atoms with Crippen LogP contribution in [0.4, 0.5) is 5.82 Å². The van der Waals surface area contributed by atoms with Gasteiger partial charge in [0.05, 0.1) is 19.0 Å². The molecule has 1 rings (SSSR count). The number of oxime groups is 1. The number of aliphatic hydroxyl groups is 1. The molecule has 0 saturated carbocycles. The quantitative estimate of drug-likeness (QED) is 0.277. The maximum Gasteiger partial charge on any atom is 0.190 e. The van der Waals surface area contributed by atoms with Crippen molar-refractivity contribution in [2.24, 2.45) is 10.9 Å². The molecule has 0 fully saturated rings. The molecular formula is C11H19N5O2. The van der Waals surface area contributed by atoms with Crippen LogP contribution in [-0.2, 0) is 0 Å². The van der Waals surface area contributed by atoms with Crippen LogP contribution in [0.2, 0.25) is 0 Å². The zero-order valence-corrected chi connectivity index (χ0v) is 10.5. The number of nitrogens with zero attached hydrogens (tertiary/aromatic N) is 4. The average Bonchev–Trinajstić information content (AvgIpc) is 2.43. The van der Waals surface area contributed by atoms with E-state index >= 15 is 0 Å². The van der Waals surface area contributed by atoms with E-state index in [2.05, 4.69) is 22.0 Å². The molecule has 0 amide bonds. The predicted octanol–water partition coefficient (Wildman–Crippen LogP) is 0.170. The van der Waals surface area contributed by atoms with Gasteiger partial charge in [-0.1, -0.05) is 18.5 Å². The van der Waals surface area contributed by atoms with Gasteiger partial charge in [-0.2, -0.15) is 0 Å². The summed E-state index contributed by atoms with van der Waals surface area (Å²) in [5.41, 5.74) is 5.72. The van der Waals surface area contributed by atoms with E-state index in [4.69, 9.17) is 16.0 Å². The Hall–Kier alpha value is -1.89. The first-order chi connectivity index (χ1) is 8.72. The summed E-state index contributed by atoms with van der Waals surface area (Å²) < 4.78 is 0. The van der Waals surface area contributed by atoms with Crippen LogP contribution in [0.1, 0.15) is 25.5 Å². The normalized spacial score (nSPS) is 11.6. The summed E-state index contributed by atoms with van der Waals surface area (Å²) >= 11 is 0. The third kappa shape index (κ3) is 3.85. The van der Waals surface area contributed by atoms with Gasteiger partial charge in [0.15, 0.2) is 5.84 Å². The summed E-state index contributed by atoms with van der Waals surface area (Å²) in [5, 5.41) is 20.4. The van der Waals surface area contributed by atoms with Crippen LogP contribution in [0, 0.1) is 0 Å². The minimum Gasteiger partial charge on any atom is -0.409 e. The molecule has 7 nitrogen and oxygen atoms in total. The fourth-order valence-electron chi connectivity index (χ4n) is 1.48. The highest BCUT2D eigenvalue weighted by molar-refractivity contribution is 5.94. The zero-order chi connectivity index (χ0) is 13.4. The maximum absolute atomic E-state index is 9.02. The van der Waals surface area contributed by atoms with Crippen LogP contribution < -0.4 is 10.6 Å². The Kier molecular flexibility index (Phi) is 5.86. The van der Waals surface area contributed by atoms with Crippen molar-refractivity contribution >= 4 is 11.7 Å². The molecular weight excluding hydrogens is 234 g/mol. The molecule has 0 aliphatic heterocycles. The third-order valence-corrected chi connectivity index (χ3v) is 2.48. The van der Waals surface area contributed by atoms with Gasteiger partial charge in [0.2, 0.25) is 0 Å². The number of anilines is 1. The van der Waals surface area contributed by atoms with E-state index in [1.54, 1.807) is 6.20 Å². The Balaban J connectivity index is 2.79. The molecule has 0 aliphatic rings. The zero-order valence-electron chi connectivity index (χ0n) is 10.5. The molecule has 100 valence electrons. The Morgan fingerprint density at radius 1 is 1.39 bits per heavy atom. The first kappa shape index (κ1) is 14.2. The van der Waals surface area contributed by atoms with Crippen LogP contribution in [-0.4, -0.2) is 45.8 Å². The third-order valence-electron chi connectivity index (χ3n) is 2.48. The van der Waals surface area contributed by atoms with Crippen molar-refractivity contribution in [2.45, 2.75) is 19.8 Å². The lowest BCUT2D eigenvalue weighted by atomic mass is 10.3. The fraction of sp³-hybridized carbons (Fsp3) is 0.545. The average molecular weight is 253 g/mol. The standard InChI is InChI=1S/C11H19N5O2/c1-2-3-4-16(5-6-17)10-8-13-9(7-14-10)11(12)15-18/h7-8,17-18H,2-6H2,1H3,(H2,12,15). The van der Waals surface area contributed by atoms with Gasteiger partial charge < -0.3 is 20.9 Å². The monoisotopic (exact) mass is 253 g/mol. The van der Waals surface area contributed by atoms with Crippen molar-refractivity contribution in [1.82, 2.24) is 9.97 Å². The summed E-state index contributed by atoms with van der Waals surface area (Å²) in [4.78, 5) is 10.2. The van der Waals surface area contributed by atoms with Crippen LogP contribution in [0.5, 0.6) is 0 Å². The molecule has 0 aromatic carbocycles. The van der Waals surface area contributed by atoms with Crippen molar-refractivity contribution in [3.8, 4) is 0 Å². The number of aromatic nitrogens is 2. The van der Waals surface area contributed by atoms with Gasteiger partial charge in [0, 0.05) is 13.1 Å². The fourth-order valence-corrected chi connectivity index (χ4v) is 1.48. The molecule has 0 atom stereocenters. The molecule has 7 heteroatoms. The van der Waals surface area contributed by atoms with Gasteiger partial charge >= 0.3 is 0 Å². The molecule has 1 aromatic rings. The van der Waals surface area contributed by atoms with Gasteiger partial charge in [0.25, 0.3) is 0 Å². The molecule has 4 N–H and O–H groups in total. The maximum atomic E-state index is 9.02. The van der Waals surface area contributed by atoms with E-state index in [1.165, 1.54) is 6.20 Å². The lowest BCUT2D eigenvalue weighted by Crippen LogP contribution is -2.29. The lowest BCUT2D eigenvalue weighted by molar-refractivity contribution is 0.301. The topological polar surface area (TPSA) is 108 Å². The first-order valence-corrected chi connectivity index (χ1v) is 5.88. The summed E-state index contributed by atoms with van der Waals surface area (Å²) in [6, 6.07) is 0. The van der Waals surface area contributed by atoms with Crippen molar-refractivity contribution in [2.75, 3.05) is 24.6 Å². The molecule has 0 radical (unpaired) electrons. The number of hydrogen-bond acceptors (Lipinski definition) is 6. The Morgan fingerprint density at radius 2 is 2.17 bits per heavy atom. The van der Waals surface area contributed by atoms with E-state index in [9.17, 15) is 0 Å². The highest BCUT2D eigenvalue weighted by Gasteiger charge is 2.08. The number of unbranched alkanes of at least 4 members (excludes halogenated alkanes) is 1. The van der Waals surface area contributed by atoms with Gasteiger partial charge in [-0.25, -0.2) is 9.97 Å². The summed E-state index contributed by atoms with van der Waals surface area (Å²) in [5.74, 6) is 0.600. The second kappa shape index (κ2) is 7.44.